The zero-order valence-electron chi connectivity index (χ0n) is 16.7. The molecule has 0 aromatic carbocycles. The molecule has 5 nitrogen and oxygen atoms in total. The van der Waals surface area contributed by atoms with Crippen LogP contribution in [0.25, 0.3) is 0 Å². The van der Waals surface area contributed by atoms with Crippen molar-refractivity contribution < 1.29 is 18.7 Å². The molecule has 4 fully saturated rings. The smallest absolute Gasteiger partial charge is 0.246 e. The van der Waals surface area contributed by atoms with Gasteiger partial charge < -0.3 is 14.5 Å². The Morgan fingerprint density at radius 1 is 1.11 bits per heavy atom. The van der Waals surface area contributed by atoms with Crippen LogP contribution in [-0.2, 0) is 14.3 Å². The first kappa shape index (κ1) is 20.4. The topological polar surface area (TPSA) is 49.9 Å². The zero-order chi connectivity index (χ0) is 19.8. The molecule has 28 heavy (non-hydrogen) atoms. The Labute approximate surface area is 171 Å². The summed E-state index contributed by atoms with van der Waals surface area (Å²) >= 11 is 6.10. The van der Waals surface area contributed by atoms with Gasteiger partial charge >= 0.3 is 0 Å². The standard InChI is InChI=1S/C21H32ClFN2O3/c1-13-2-4-14(5-3-13)9-25-19(26)10-24(18-7-6-16(22)8-17(18)23)21(27)20(25)15-11-28-12-15/h13-18,20H,2-12H2,1H3. The number of hydrogen-bond donors (Lipinski definition) is 0. The maximum absolute atomic E-state index is 14.7. The van der Waals surface area contributed by atoms with Gasteiger partial charge in [-0.3, -0.25) is 9.59 Å². The van der Waals surface area contributed by atoms with Crippen LogP contribution in [0.4, 0.5) is 4.39 Å². The van der Waals surface area contributed by atoms with Gasteiger partial charge in [0.2, 0.25) is 11.8 Å². The van der Waals surface area contributed by atoms with Crippen LogP contribution in [0.5, 0.6) is 0 Å². The molecule has 0 N–H and O–H groups in total. The second-order valence-corrected chi connectivity index (χ2v) is 9.99. The second kappa shape index (κ2) is 8.47. The molecule has 0 spiro atoms. The molecule has 0 radical (unpaired) electrons. The number of ether oxygens (including phenoxy) is 1. The summed E-state index contributed by atoms with van der Waals surface area (Å²) in [6.45, 7) is 3.94. The third kappa shape index (κ3) is 4.04. The van der Waals surface area contributed by atoms with Crippen LogP contribution in [0.3, 0.4) is 0 Å². The number of amides is 2. The van der Waals surface area contributed by atoms with Crippen molar-refractivity contribution >= 4 is 23.4 Å². The number of hydrogen-bond acceptors (Lipinski definition) is 3. The monoisotopic (exact) mass is 414 g/mol. The predicted octanol–water partition coefficient (Wildman–Crippen LogP) is 3.00. The third-order valence-electron chi connectivity index (χ3n) is 7.27. The molecule has 4 aliphatic rings. The lowest BCUT2D eigenvalue weighted by Gasteiger charge is -2.50. The van der Waals surface area contributed by atoms with Gasteiger partial charge in [-0.25, -0.2) is 4.39 Å². The molecule has 2 saturated carbocycles. The first-order valence-electron chi connectivity index (χ1n) is 10.9. The van der Waals surface area contributed by atoms with Gasteiger partial charge in [-0.1, -0.05) is 19.8 Å². The lowest BCUT2D eigenvalue weighted by atomic mass is 9.81. The Hall–Kier alpha value is -0.880. The molecule has 2 heterocycles. The van der Waals surface area contributed by atoms with Gasteiger partial charge in [-0.15, -0.1) is 11.6 Å². The molecular formula is C21H32ClFN2O3. The minimum Gasteiger partial charge on any atom is -0.380 e. The van der Waals surface area contributed by atoms with Crippen molar-refractivity contribution in [2.75, 3.05) is 26.3 Å². The van der Waals surface area contributed by atoms with E-state index < -0.39 is 18.3 Å². The van der Waals surface area contributed by atoms with Gasteiger partial charge in [0.05, 0.1) is 19.3 Å². The van der Waals surface area contributed by atoms with Gasteiger partial charge in [-0.2, -0.15) is 0 Å². The third-order valence-corrected chi connectivity index (χ3v) is 7.67. The first-order valence-corrected chi connectivity index (χ1v) is 11.3. The summed E-state index contributed by atoms with van der Waals surface area (Å²) in [4.78, 5) is 29.9. The normalized spacial score (nSPS) is 40.5. The summed E-state index contributed by atoms with van der Waals surface area (Å²) in [5, 5.41) is -0.178. The van der Waals surface area contributed by atoms with E-state index in [1.54, 1.807) is 0 Å². The largest absolute Gasteiger partial charge is 0.380 e. The Balaban J connectivity index is 1.49. The SMILES string of the molecule is CC1CCC(CN2C(=O)CN(C3CCC(Cl)CC3F)C(=O)C2C2COC2)CC1. The van der Waals surface area contributed by atoms with Gasteiger partial charge in [0.25, 0.3) is 0 Å². The molecule has 4 atom stereocenters. The molecule has 2 aliphatic carbocycles. The van der Waals surface area contributed by atoms with Crippen molar-refractivity contribution in [3.63, 3.8) is 0 Å². The highest BCUT2D eigenvalue weighted by atomic mass is 35.5. The highest BCUT2D eigenvalue weighted by molar-refractivity contribution is 6.20. The maximum atomic E-state index is 14.7. The van der Waals surface area contributed by atoms with Crippen molar-refractivity contribution in [3.8, 4) is 0 Å². The predicted molar refractivity (Wildman–Crippen MR) is 105 cm³/mol. The summed E-state index contributed by atoms with van der Waals surface area (Å²) in [6.07, 6.45) is 4.92. The lowest BCUT2D eigenvalue weighted by molar-refractivity contribution is -0.172. The van der Waals surface area contributed by atoms with Crippen molar-refractivity contribution in [3.05, 3.63) is 0 Å². The van der Waals surface area contributed by atoms with Crippen molar-refractivity contribution in [2.24, 2.45) is 17.8 Å². The van der Waals surface area contributed by atoms with Crippen molar-refractivity contribution in [1.29, 1.82) is 0 Å². The fourth-order valence-electron chi connectivity index (χ4n) is 5.35. The highest BCUT2D eigenvalue weighted by Gasteiger charge is 2.50. The van der Waals surface area contributed by atoms with Gasteiger partial charge in [0, 0.05) is 17.8 Å². The minimum atomic E-state index is -1.15. The van der Waals surface area contributed by atoms with E-state index in [9.17, 15) is 14.0 Å². The number of carbonyl (C=O) groups excluding carboxylic acids is 2. The molecule has 0 aromatic heterocycles. The van der Waals surface area contributed by atoms with Crippen LogP contribution >= 0.6 is 11.6 Å². The van der Waals surface area contributed by atoms with E-state index in [2.05, 4.69) is 6.92 Å². The number of carbonyl (C=O) groups is 2. The van der Waals surface area contributed by atoms with Crippen LogP contribution in [-0.4, -0.2) is 71.5 Å². The second-order valence-electron chi connectivity index (χ2n) is 9.37. The number of piperazine rings is 1. The Morgan fingerprint density at radius 2 is 1.82 bits per heavy atom. The molecule has 4 rings (SSSR count). The number of alkyl halides is 2. The summed E-state index contributed by atoms with van der Waals surface area (Å²) in [7, 11) is 0. The quantitative estimate of drug-likeness (QED) is 0.664. The van der Waals surface area contributed by atoms with Crippen LogP contribution in [0, 0.1) is 17.8 Å². The molecule has 2 amide bonds. The van der Waals surface area contributed by atoms with E-state index in [4.69, 9.17) is 16.3 Å². The van der Waals surface area contributed by atoms with E-state index in [1.165, 1.54) is 17.7 Å². The van der Waals surface area contributed by atoms with Crippen LogP contribution in [0.15, 0.2) is 0 Å². The number of nitrogens with zero attached hydrogens (tertiary/aromatic N) is 2. The maximum Gasteiger partial charge on any atom is 0.246 e. The van der Waals surface area contributed by atoms with Crippen molar-refractivity contribution in [1.82, 2.24) is 9.80 Å². The highest BCUT2D eigenvalue weighted by Crippen LogP contribution is 2.35. The summed E-state index contributed by atoms with van der Waals surface area (Å²) < 4.78 is 20.0. The Bertz CT molecular complexity index is 594. The zero-order valence-corrected chi connectivity index (χ0v) is 17.5. The van der Waals surface area contributed by atoms with Gasteiger partial charge in [-0.05, 0) is 43.9 Å². The first-order chi connectivity index (χ1) is 13.4. The molecule has 0 bridgehead atoms. The van der Waals surface area contributed by atoms with Crippen molar-refractivity contribution in [2.45, 2.75) is 75.5 Å². The fourth-order valence-corrected chi connectivity index (χ4v) is 5.65. The molecule has 2 aliphatic heterocycles. The Kier molecular flexibility index (Phi) is 6.17. The number of rotatable bonds is 4. The lowest BCUT2D eigenvalue weighted by Crippen LogP contribution is -2.68. The van der Waals surface area contributed by atoms with Gasteiger partial charge in [0.1, 0.15) is 18.8 Å². The molecule has 158 valence electrons. The van der Waals surface area contributed by atoms with Crippen LogP contribution < -0.4 is 0 Å². The average Bonchev–Trinajstić information content (AvgIpc) is 2.61. The average molecular weight is 415 g/mol. The summed E-state index contributed by atoms with van der Waals surface area (Å²) in [6, 6.07) is -1.01. The Morgan fingerprint density at radius 3 is 2.43 bits per heavy atom. The van der Waals surface area contributed by atoms with E-state index in [0.29, 0.717) is 38.5 Å². The van der Waals surface area contributed by atoms with E-state index in [1.807, 2.05) is 4.90 Å². The van der Waals surface area contributed by atoms with E-state index in [0.717, 1.165) is 18.8 Å². The molecule has 7 heteroatoms. The molecule has 2 saturated heterocycles. The number of halogens is 2. The van der Waals surface area contributed by atoms with E-state index >= 15 is 0 Å². The summed E-state index contributed by atoms with van der Waals surface area (Å²) in [5.74, 6) is 1.13. The molecule has 0 aromatic rings. The fraction of sp³-hybridized carbons (Fsp3) is 0.905. The van der Waals surface area contributed by atoms with Gasteiger partial charge in [0.15, 0.2) is 0 Å². The van der Waals surface area contributed by atoms with E-state index in [-0.39, 0.29) is 36.1 Å². The molecule has 4 unspecified atom stereocenters. The summed E-state index contributed by atoms with van der Waals surface area (Å²) in [5.41, 5.74) is 0. The van der Waals surface area contributed by atoms with Crippen LogP contribution in [0.2, 0.25) is 0 Å². The molecular weight excluding hydrogens is 383 g/mol. The van der Waals surface area contributed by atoms with Crippen LogP contribution in [0.1, 0.15) is 51.9 Å². The minimum absolute atomic E-state index is 0.00404.